The zero-order chi connectivity index (χ0) is 24.7. The molecule has 0 aliphatic rings. The van der Waals surface area contributed by atoms with Crippen LogP contribution >= 0.6 is 11.8 Å². The Morgan fingerprint density at radius 3 is 2.37 bits per heavy atom. The fraction of sp³-hybridized carbons (Fsp3) is 0.120. The molecule has 0 radical (unpaired) electrons. The second kappa shape index (κ2) is 8.70. The molecule has 176 valence electrons. The van der Waals surface area contributed by atoms with Gasteiger partial charge < -0.3 is 0 Å². The van der Waals surface area contributed by atoms with Crippen LogP contribution in [-0.2, 0) is 12.7 Å². The minimum Gasteiger partial charge on any atom is -0.281 e. The number of alkyl halides is 3. The van der Waals surface area contributed by atoms with Crippen molar-refractivity contribution in [3.8, 4) is 0 Å². The van der Waals surface area contributed by atoms with E-state index in [1.165, 1.54) is 21.1 Å². The maximum Gasteiger partial charge on any atom is 0.417 e. The smallest absolute Gasteiger partial charge is 0.281 e. The number of benzene rings is 3. The number of aryl methyl sites for hydroxylation is 1. The van der Waals surface area contributed by atoms with E-state index in [0.717, 1.165) is 23.3 Å². The quantitative estimate of drug-likeness (QED) is 0.315. The van der Waals surface area contributed by atoms with Gasteiger partial charge in [-0.3, -0.25) is 18.6 Å². The maximum atomic E-state index is 13.4. The lowest BCUT2D eigenvalue weighted by Crippen LogP contribution is -2.24. The zero-order valence-corrected chi connectivity index (χ0v) is 19.1. The molecule has 0 spiro atoms. The summed E-state index contributed by atoms with van der Waals surface area (Å²) in [6.07, 6.45) is -4.68. The Morgan fingerprint density at radius 1 is 0.943 bits per heavy atom. The molecule has 5 rings (SSSR count). The Balaban J connectivity index is 1.65. The molecule has 2 aromatic heterocycles. The summed E-state index contributed by atoms with van der Waals surface area (Å²) in [5, 5.41) is 7.83. The van der Waals surface area contributed by atoms with Gasteiger partial charge in [-0.05, 0) is 48.5 Å². The van der Waals surface area contributed by atoms with E-state index in [9.17, 15) is 22.8 Å². The van der Waals surface area contributed by atoms with Crippen LogP contribution in [0.4, 0.5) is 13.2 Å². The number of fused-ring (bicyclic) bond motifs is 3. The van der Waals surface area contributed by atoms with Gasteiger partial charge >= 0.3 is 6.18 Å². The van der Waals surface area contributed by atoms with Crippen LogP contribution in [0.1, 0.15) is 27.0 Å². The zero-order valence-electron chi connectivity index (χ0n) is 18.3. The summed E-state index contributed by atoms with van der Waals surface area (Å²) in [5.74, 6) is 0.189. The highest BCUT2D eigenvalue weighted by molar-refractivity contribution is 8.14. The van der Waals surface area contributed by atoms with E-state index in [4.69, 9.17) is 0 Å². The topological polar surface area (TPSA) is 69.3 Å². The number of halogens is 3. The summed E-state index contributed by atoms with van der Waals surface area (Å²) in [5.41, 5.74) is 0.612. The lowest BCUT2D eigenvalue weighted by atomic mass is 10.1. The van der Waals surface area contributed by atoms with Crippen LogP contribution < -0.4 is 5.56 Å². The van der Waals surface area contributed by atoms with Gasteiger partial charge in [0.15, 0.2) is 0 Å². The third-order valence-electron chi connectivity index (χ3n) is 5.58. The van der Waals surface area contributed by atoms with Crippen LogP contribution in [0.15, 0.2) is 82.7 Å². The number of aromatic nitrogens is 4. The molecule has 0 aliphatic heterocycles. The number of carbonyl (C=O) groups is 1. The van der Waals surface area contributed by atoms with Gasteiger partial charge in [0.2, 0.25) is 16.0 Å². The third-order valence-corrected chi connectivity index (χ3v) is 6.43. The lowest BCUT2D eigenvalue weighted by molar-refractivity contribution is -0.137. The average Bonchev–Trinajstić information content (AvgIpc) is 3.26. The Bertz CT molecular complexity index is 1640. The van der Waals surface area contributed by atoms with Crippen molar-refractivity contribution in [3.63, 3.8) is 0 Å². The van der Waals surface area contributed by atoms with Crippen molar-refractivity contribution in [2.24, 2.45) is 0 Å². The molecule has 3 aromatic carbocycles. The number of para-hydroxylation sites is 1. The summed E-state index contributed by atoms with van der Waals surface area (Å²) < 4.78 is 43.3. The molecule has 35 heavy (non-hydrogen) atoms. The Kier molecular flexibility index (Phi) is 5.68. The maximum absolute atomic E-state index is 13.4. The standard InChI is InChI=1S/C25H17F3N4O2S/c1-15-10-12-16(13-11-15)14-31-21(33)18-7-3-5-9-20(18)32-23(31)29-30-24(32)35-22(34)17-6-2-4-8-19(17)25(26,27)28/h2-13H,14H2,1H3. The normalized spacial score (nSPS) is 11.9. The summed E-state index contributed by atoms with van der Waals surface area (Å²) in [4.78, 5) is 26.3. The number of carbonyl (C=O) groups excluding carboxylic acids is 1. The van der Waals surface area contributed by atoms with Crippen molar-refractivity contribution < 1.29 is 18.0 Å². The Hall–Kier alpha value is -3.92. The van der Waals surface area contributed by atoms with Gasteiger partial charge in [-0.2, -0.15) is 13.2 Å². The molecule has 0 unspecified atom stereocenters. The summed E-state index contributed by atoms with van der Waals surface area (Å²) in [6, 6.07) is 19.0. The van der Waals surface area contributed by atoms with E-state index >= 15 is 0 Å². The van der Waals surface area contributed by atoms with Gasteiger partial charge in [0.25, 0.3) is 5.56 Å². The number of hydrogen-bond acceptors (Lipinski definition) is 5. The van der Waals surface area contributed by atoms with Crippen molar-refractivity contribution in [3.05, 3.63) is 105 Å². The molecule has 6 nitrogen and oxygen atoms in total. The second-order valence-corrected chi connectivity index (χ2v) is 8.88. The molecule has 0 bridgehead atoms. The van der Waals surface area contributed by atoms with E-state index in [1.807, 2.05) is 31.2 Å². The fourth-order valence-electron chi connectivity index (χ4n) is 3.86. The van der Waals surface area contributed by atoms with Gasteiger partial charge in [-0.25, -0.2) is 0 Å². The van der Waals surface area contributed by atoms with Crippen LogP contribution in [0.5, 0.6) is 0 Å². The van der Waals surface area contributed by atoms with Gasteiger partial charge in [-0.1, -0.05) is 54.1 Å². The predicted octanol–water partition coefficient (Wildman–Crippen LogP) is 5.35. The second-order valence-electron chi connectivity index (χ2n) is 7.94. The van der Waals surface area contributed by atoms with Crippen molar-refractivity contribution in [1.82, 2.24) is 19.2 Å². The largest absolute Gasteiger partial charge is 0.417 e. The van der Waals surface area contributed by atoms with Crippen LogP contribution in [-0.4, -0.2) is 24.3 Å². The molecule has 0 amide bonds. The molecule has 0 aliphatic carbocycles. The molecule has 0 fully saturated rings. The molecule has 0 N–H and O–H groups in total. The van der Waals surface area contributed by atoms with E-state index in [0.29, 0.717) is 22.7 Å². The van der Waals surface area contributed by atoms with Gasteiger partial charge in [0.1, 0.15) is 0 Å². The molecule has 0 saturated heterocycles. The molecular formula is C25H17F3N4O2S. The summed E-state index contributed by atoms with van der Waals surface area (Å²) in [7, 11) is 0. The highest BCUT2D eigenvalue weighted by atomic mass is 32.2. The first-order valence-electron chi connectivity index (χ1n) is 10.5. The molecule has 5 aromatic rings. The van der Waals surface area contributed by atoms with Crippen molar-refractivity contribution in [2.45, 2.75) is 24.8 Å². The minimum atomic E-state index is -4.68. The molecular weight excluding hydrogens is 477 g/mol. The first-order chi connectivity index (χ1) is 16.7. The number of thioether (sulfide) groups is 1. The minimum absolute atomic E-state index is 0.0656. The van der Waals surface area contributed by atoms with Gasteiger partial charge in [0, 0.05) is 5.56 Å². The fourth-order valence-corrected chi connectivity index (χ4v) is 4.67. The summed E-state index contributed by atoms with van der Waals surface area (Å²) in [6.45, 7) is 2.17. The van der Waals surface area contributed by atoms with Crippen molar-refractivity contribution in [2.75, 3.05) is 0 Å². The first kappa shape index (κ1) is 22.9. The number of hydrogen-bond donors (Lipinski definition) is 0. The Morgan fingerprint density at radius 2 is 1.63 bits per heavy atom. The van der Waals surface area contributed by atoms with Crippen LogP contribution in [0, 0.1) is 6.92 Å². The number of rotatable bonds is 4. The lowest BCUT2D eigenvalue weighted by Gasteiger charge is -2.12. The highest BCUT2D eigenvalue weighted by Gasteiger charge is 2.35. The predicted molar refractivity (Wildman–Crippen MR) is 127 cm³/mol. The van der Waals surface area contributed by atoms with Gasteiger partial charge in [0.05, 0.1) is 23.0 Å². The van der Waals surface area contributed by atoms with E-state index in [-0.39, 0.29) is 23.0 Å². The average molecular weight is 494 g/mol. The third kappa shape index (κ3) is 4.21. The van der Waals surface area contributed by atoms with Crippen LogP contribution in [0.25, 0.3) is 16.7 Å². The van der Waals surface area contributed by atoms with Crippen LogP contribution in [0.2, 0.25) is 0 Å². The molecule has 0 saturated carbocycles. The van der Waals surface area contributed by atoms with Crippen molar-refractivity contribution >= 4 is 33.6 Å². The summed E-state index contributed by atoms with van der Waals surface area (Å²) >= 11 is 0.536. The number of nitrogens with zero attached hydrogens (tertiary/aromatic N) is 4. The van der Waals surface area contributed by atoms with E-state index in [2.05, 4.69) is 10.2 Å². The first-order valence-corrected chi connectivity index (χ1v) is 11.4. The van der Waals surface area contributed by atoms with E-state index in [1.54, 1.807) is 24.3 Å². The SMILES string of the molecule is Cc1ccc(Cn2c(=O)c3ccccc3n3c(SC(=O)c4ccccc4C(F)(F)F)nnc23)cc1. The highest BCUT2D eigenvalue weighted by Crippen LogP contribution is 2.35. The van der Waals surface area contributed by atoms with Crippen molar-refractivity contribution in [1.29, 1.82) is 0 Å². The molecule has 0 atom stereocenters. The molecule has 2 heterocycles. The molecule has 10 heteroatoms. The van der Waals surface area contributed by atoms with Crippen LogP contribution in [0.3, 0.4) is 0 Å². The Labute approximate surface area is 201 Å². The van der Waals surface area contributed by atoms with E-state index < -0.39 is 22.4 Å². The monoisotopic (exact) mass is 494 g/mol. The van der Waals surface area contributed by atoms with Gasteiger partial charge in [-0.15, -0.1) is 10.2 Å².